The highest BCUT2D eigenvalue weighted by Crippen LogP contribution is 2.23. The van der Waals surface area contributed by atoms with Crippen molar-refractivity contribution in [3.63, 3.8) is 0 Å². The molecule has 2 aromatic rings. The van der Waals surface area contributed by atoms with Gasteiger partial charge in [-0.1, -0.05) is 6.07 Å². The molecule has 2 heterocycles. The fourth-order valence-electron chi connectivity index (χ4n) is 3.00. The Bertz CT molecular complexity index is 800. The molecule has 26 heavy (non-hydrogen) atoms. The van der Waals surface area contributed by atoms with Crippen molar-refractivity contribution >= 4 is 34.7 Å². The summed E-state index contributed by atoms with van der Waals surface area (Å²) in [6, 6.07) is 9.92. The Morgan fingerprint density at radius 2 is 1.88 bits per heavy atom. The van der Waals surface area contributed by atoms with Crippen molar-refractivity contribution in [3.8, 4) is 0 Å². The lowest BCUT2D eigenvalue weighted by atomic mass is 10.1. The lowest BCUT2D eigenvalue weighted by molar-refractivity contribution is -0.119. The number of hydrogen-bond donors (Lipinski definition) is 1. The molecule has 0 saturated carbocycles. The van der Waals surface area contributed by atoms with Gasteiger partial charge in [0.15, 0.2) is 0 Å². The van der Waals surface area contributed by atoms with Gasteiger partial charge in [-0.25, -0.2) is 0 Å². The zero-order valence-electron chi connectivity index (χ0n) is 14.8. The van der Waals surface area contributed by atoms with E-state index in [-0.39, 0.29) is 17.7 Å². The lowest BCUT2D eigenvalue weighted by Crippen LogP contribution is -2.42. The summed E-state index contributed by atoms with van der Waals surface area (Å²) in [5, 5.41) is 4.71. The number of anilines is 1. The van der Waals surface area contributed by atoms with Gasteiger partial charge in [-0.3, -0.25) is 14.4 Å². The van der Waals surface area contributed by atoms with Crippen LogP contribution in [0, 0.1) is 0 Å². The molecule has 0 spiro atoms. The standard InChI is InChI=1S/C19H21N3O3S/c1-21(2)18(24)13-7-9-14(10-8-13)20-17(23)15-5-3-11-22(15)19(25)16-6-4-12-26-16/h4,6-10,12,15H,3,5,11H2,1-2H3,(H,20,23). The molecule has 3 amide bonds. The summed E-state index contributed by atoms with van der Waals surface area (Å²) in [7, 11) is 3.38. The average molecular weight is 371 g/mol. The van der Waals surface area contributed by atoms with Crippen molar-refractivity contribution in [2.24, 2.45) is 0 Å². The highest BCUT2D eigenvalue weighted by Gasteiger charge is 2.34. The van der Waals surface area contributed by atoms with Crippen LogP contribution in [0.4, 0.5) is 5.69 Å². The molecule has 1 fully saturated rings. The highest BCUT2D eigenvalue weighted by atomic mass is 32.1. The number of carbonyl (C=O) groups excluding carboxylic acids is 3. The Hall–Kier alpha value is -2.67. The third-order valence-electron chi connectivity index (χ3n) is 4.35. The number of thiophene rings is 1. The molecule has 1 saturated heterocycles. The van der Waals surface area contributed by atoms with E-state index in [0.717, 1.165) is 6.42 Å². The van der Waals surface area contributed by atoms with Gasteiger partial charge in [-0.15, -0.1) is 11.3 Å². The van der Waals surface area contributed by atoms with Gasteiger partial charge in [0.25, 0.3) is 11.8 Å². The van der Waals surface area contributed by atoms with Crippen LogP contribution in [-0.4, -0.2) is 54.2 Å². The molecule has 1 aliphatic heterocycles. The van der Waals surface area contributed by atoms with Gasteiger partial charge >= 0.3 is 0 Å². The smallest absolute Gasteiger partial charge is 0.264 e. The molecule has 3 rings (SSSR count). The maximum Gasteiger partial charge on any atom is 0.264 e. The number of hydrogen-bond acceptors (Lipinski definition) is 4. The zero-order chi connectivity index (χ0) is 18.7. The van der Waals surface area contributed by atoms with Crippen molar-refractivity contribution in [3.05, 3.63) is 52.2 Å². The fraction of sp³-hybridized carbons (Fsp3) is 0.316. The van der Waals surface area contributed by atoms with Crippen LogP contribution in [-0.2, 0) is 4.79 Å². The summed E-state index contributed by atoms with van der Waals surface area (Å²) in [4.78, 5) is 40.9. The van der Waals surface area contributed by atoms with Crippen molar-refractivity contribution in [2.75, 3.05) is 26.0 Å². The molecule has 6 nitrogen and oxygen atoms in total. The van der Waals surface area contributed by atoms with E-state index < -0.39 is 6.04 Å². The van der Waals surface area contributed by atoms with Gasteiger partial charge in [0.05, 0.1) is 4.88 Å². The second kappa shape index (κ2) is 7.70. The predicted octanol–water partition coefficient (Wildman–Crippen LogP) is 2.69. The Morgan fingerprint density at radius 1 is 1.15 bits per heavy atom. The molecule has 136 valence electrons. The molecule has 1 aromatic heterocycles. The van der Waals surface area contributed by atoms with Crippen LogP contribution in [0.5, 0.6) is 0 Å². The van der Waals surface area contributed by atoms with E-state index in [1.807, 2.05) is 11.4 Å². The minimum atomic E-state index is -0.465. The number of nitrogens with one attached hydrogen (secondary N) is 1. The lowest BCUT2D eigenvalue weighted by Gasteiger charge is -2.23. The topological polar surface area (TPSA) is 69.7 Å². The number of benzene rings is 1. The van der Waals surface area contributed by atoms with E-state index in [4.69, 9.17) is 0 Å². The van der Waals surface area contributed by atoms with E-state index in [9.17, 15) is 14.4 Å². The zero-order valence-corrected chi connectivity index (χ0v) is 15.6. The van der Waals surface area contributed by atoms with E-state index >= 15 is 0 Å². The summed E-state index contributed by atoms with van der Waals surface area (Å²) in [5.41, 5.74) is 1.17. The Kier molecular flexibility index (Phi) is 5.37. The molecule has 1 atom stereocenters. The Morgan fingerprint density at radius 3 is 2.50 bits per heavy atom. The van der Waals surface area contributed by atoms with Gasteiger partial charge in [-0.05, 0) is 48.6 Å². The maximum atomic E-state index is 12.6. The normalized spacial score (nSPS) is 16.4. The van der Waals surface area contributed by atoms with Crippen LogP contribution < -0.4 is 5.32 Å². The van der Waals surface area contributed by atoms with Crippen LogP contribution in [0.1, 0.15) is 32.9 Å². The largest absolute Gasteiger partial charge is 0.345 e. The fourth-order valence-corrected chi connectivity index (χ4v) is 3.68. The van der Waals surface area contributed by atoms with E-state index in [1.165, 1.54) is 16.2 Å². The first-order valence-corrected chi connectivity index (χ1v) is 9.32. The minimum Gasteiger partial charge on any atom is -0.345 e. The van der Waals surface area contributed by atoms with Gasteiger partial charge in [0.2, 0.25) is 5.91 Å². The quantitative estimate of drug-likeness (QED) is 0.898. The molecule has 7 heteroatoms. The first kappa shape index (κ1) is 18.1. The van der Waals surface area contributed by atoms with Crippen molar-refractivity contribution in [1.29, 1.82) is 0 Å². The second-order valence-corrected chi connectivity index (χ2v) is 7.35. The minimum absolute atomic E-state index is 0.0913. The number of rotatable bonds is 4. The summed E-state index contributed by atoms with van der Waals surface area (Å²) in [6.45, 7) is 0.588. The molecule has 1 aliphatic rings. The third kappa shape index (κ3) is 3.77. The average Bonchev–Trinajstić information content (AvgIpc) is 3.32. The molecular weight excluding hydrogens is 350 g/mol. The van der Waals surface area contributed by atoms with Gasteiger partial charge < -0.3 is 15.1 Å². The SMILES string of the molecule is CN(C)C(=O)c1ccc(NC(=O)C2CCCN2C(=O)c2cccs2)cc1. The van der Waals surface area contributed by atoms with Crippen LogP contribution in [0.3, 0.4) is 0 Å². The molecule has 1 aromatic carbocycles. The van der Waals surface area contributed by atoms with Crippen LogP contribution in [0.15, 0.2) is 41.8 Å². The maximum absolute atomic E-state index is 12.6. The number of likely N-dealkylation sites (tertiary alicyclic amines) is 1. The summed E-state index contributed by atoms with van der Waals surface area (Å²) < 4.78 is 0. The molecular formula is C19H21N3O3S. The van der Waals surface area contributed by atoms with Gasteiger partial charge in [0, 0.05) is 31.9 Å². The van der Waals surface area contributed by atoms with E-state index in [1.54, 1.807) is 49.3 Å². The summed E-state index contributed by atoms with van der Waals surface area (Å²) in [5.74, 6) is -0.380. The van der Waals surface area contributed by atoms with Crippen molar-refractivity contribution in [2.45, 2.75) is 18.9 Å². The monoisotopic (exact) mass is 371 g/mol. The highest BCUT2D eigenvalue weighted by molar-refractivity contribution is 7.12. The van der Waals surface area contributed by atoms with Crippen LogP contribution in [0.25, 0.3) is 0 Å². The Balaban J connectivity index is 1.67. The van der Waals surface area contributed by atoms with Crippen molar-refractivity contribution < 1.29 is 14.4 Å². The third-order valence-corrected chi connectivity index (χ3v) is 5.21. The molecule has 1 N–H and O–H groups in total. The summed E-state index contributed by atoms with van der Waals surface area (Å²) >= 11 is 1.38. The summed E-state index contributed by atoms with van der Waals surface area (Å²) in [6.07, 6.45) is 1.46. The Labute approximate surface area is 156 Å². The first-order chi connectivity index (χ1) is 12.5. The predicted molar refractivity (Wildman–Crippen MR) is 101 cm³/mol. The van der Waals surface area contributed by atoms with Gasteiger partial charge in [0.1, 0.15) is 6.04 Å². The van der Waals surface area contributed by atoms with Crippen LogP contribution in [0.2, 0.25) is 0 Å². The van der Waals surface area contributed by atoms with Crippen molar-refractivity contribution in [1.82, 2.24) is 9.80 Å². The molecule has 0 aliphatic carbocycles. The van der Waals surface area contributed by atoms with Crippen LogP contribution >= 0.6 is 11.3 Å². The molecule has 1 unspecified atom stereocenters. The van der Waals surface area contributed by atoms with Gasteiger partial charge in [-0.2, -0.15) is 0 Å². The number of amides is 3. The first-order valence-electron chi connectivity index (χ1n) is 8.44. The number of nitrogens with zero attached hydrogens (tertiary/aromatic N) is 2. The second-order valence-electron chi connectivity index (χ2n) is 6.40. The molecule has 0 bridgehead atoms. The van der Waals surface area contributed by atoms with E-state index in [2.05, 4.69) is 5.32 Å². The molecule has 0 radical (unpaired) electrons. The van der Waals surface area contributed by atoms with E-state index in [0.29, 0.717) is 29.1 Å². The number of carbonyl (C=O) groups is 3.